The fourth-order valence-electron chi connectivity index (χ4n) is 2.16. The molecule has 0 radical (unpaired) electrons. The Hall–Kier alpha value is -1.34. The summed E-state index contributed by atoms with van der Waals surface area (Å²) in [4.78, 5) is 6.29. The van der Waals surface area contributed by atoms with Crippen molar-refractivity contribution in [2.24, 2.45) is 0 Å². The van der Waals surface area contributed by atoms with Crippen LogP contribution in [0.4, 0.5) is 22.7 Å². The van der Waals surface area contributed by atoms with E-state index >= 15 is 0 Å². The van der Waals surface area contributed by atoms with Crippen molar-refractivity contribution >= 4 is 61.5 Å². The van der Waals surface area contributed by atoms with E-state index in [1.165, 1.54) is 0 Å². The molecular weight excluding hydrogens is 507 g/mol. The summed E-state index contributed by atoms with van der Waals surface area (Å²) in [6, 6.07) is 11.3. The van der Waals surface area contributed by atoms with E-state index in [0.717, 1.165) is 35.6 Å². The summed E-state index contributed by atoms with van der Waals surface area (Å²) in [7, 11) is 16.8. The van der Waals surface area contributed by atoms with Crippen LogP contribution in [-0.4, -0.2) is 13.1 Å². The van der Waals surface area contributed by atoms with Crippen LogP contribution in [0.5, 0.6) is 0 Å². The molecule has 0 aromatic heterocycles. The summed E-state index contributed by atoms with van der Waals surface area (Å²) in [5, 5.41) is 23.4. The number of halogens is 4. The first-order valence-corrected chi connectivity index (χ1v) is 24.6. The number of nitrogens with one attached hydrogen (secondary N) is 2. The van der Waals surface area contributed by atoms with Crippen molar-refractivity contribution in [3.05, 3.63) is 57.5 Å². The Morgan fingerprint density at radius 1 is 0.759 bits per heavy atom. The van der Waals surface area contributed by atoms with E-state index in [-0.39, 0.29) is 0 Å². The molecule has 0 unspecified atom stereocenters. The monoisotopic (exact) mass is 528 g/mol. The molecule has 0 aliphatic rings. The topological polar surface area (TPSA) is 80.4 Å². The molecule has 0 aliphatic carbocycles. The zero-order chi connectivity index (χ0) is 22.4. The molecule has 2 N–H and O–H groups in total. The number of benzene rings is 2. The Balaban J connectivity index is 0.000000442. The molecule has 0 aliphatic heterocycles. The van der Waals surface area contributed by atoms with Crippen LogP contribution in [0.2, 0.25) is 0 Å². The molecule has 29 heavy (non-hydrogen) atoms. The summed E-state index contributed by atoms with van der Waals surface area (Å²) in [5.74, 6) is 0. The summed E-state index contributed by atoms with van der Waals surface area (Å²) in [6.45, 7) is 9.70. The fraction of sp³-hybridized carbons (Fsp3) is 0.333. The van der Waals surface area contributed by atoms with Gasteiger partial charge in [-0.05, 0) is 52.0 Å². The van der Waals surface area contributed by atoms with Crippen molar-refractivity contribution in [3.8, 4) is 0 Å². The molecule has 11 heteroatoms. The molecule has 0 atom stereocenters. The Labute approximate surface area is 191 Å². The van der Waals surface area contributed by atoms with Gasteiger partial charge in [0.15, 0.2) is 9.95 Å². The number of anilines is 2. The molecule has 0 saturated carbocycles. The SMILES string of the molecule is CCNc1ccc([N+]#N)c(C)c1.CCNc1ccc([N+]#N)c(C)c1.[Cl][Zn-2]([Cl])([Cl])[Cl]. The van der Waals surface area contributed by atoms with Crippen molar-refractivity contribution in [1.29, 1.82) is 10.8 Å². The predicted molar refractivity (Wildman–Crippen MR) is 124 cm³/mol. The molecule has 2 aromatic rings. The molecule has 0 amide bonds. The maximum absolute atomic E-state index is 8.54. The van der Waals surface area contributed by atoms with Gasteiger partial charge in [-0.2, -0.15) is 0 Å². The second kappa shape index (κ2) is 14.6. The van der Waals surface area contributed by atoms with Crippen molar-refractivity contribution in [2.45, 2.75) is 27.7 Å². The molecule has 0 spiro atoms. The van der Waals surface area contributed by atoms with Crippen LogP contribution < -0.4 is 10.6 Å². The van der Waals surface area contributed by atoms with Gasteiger partial charge < -0.3 is 10.6 Å². The van der Waals surface area contributed by atoms with Gasteiger partial charge in [0.2, 0.25) is 10.8 Å². The fourth-order valence-corrected chi connectivity index (χ4v) is 2.16. The number of hydrogen-bond donors (Lipinski definition) is 2. The zero-order valence-electron chi connectivity index (χ0n) is 16.9. The van der Waals surface area contributed by atoms with Gasteiger partial charge in [0.05, 0.1) is 0 Å². The molecular formula is C18H24Cl4N6Zn. The van der Waals surface area contributed by atoms with E-state index in [2.05, 4.69) is 20.6 Å². The normalized spacial score (nSPS) is 9.59. The predicted octanol–water partition coefficient (Wildman–Crippen LogP) is 8.58. The van der Waals surface area contributed by atoms with Crippen LogP contribution in [0, 0.1) is 24.6 Å². The van der Waals surface area contributed by atoms with E-state index in [1.807, 2.05) is 52.0 Å². The Bertz CT molecular complexity index is 787. The van der Waals surface area contributed by atoms with Crippen LogP contribution in [0.15, 0.2) is 36.4 Å². The third kappa shape index (κ3) is 13.5. The standard InChI is InChI=1S/2C9H12N3.4ClH.Zn/c2*1-3-11-8-4-5-9(12-10)7(2)6-8;;;;;/h2*4-6,11H,3H2,1-2H3;4*1H;/q2*+1;;;;;+2/p-4. The molecule has 2 aromatic carbocycles. The third-order valence-corrected chi connectivity index (χ3v) is 3.37. The van der Waals surface area contributed by atoms with Crippen molar-refractivity contribution < 1.29 is 10.8 Å². The van der Waals surface area contributed by atoms with Crippen molar-refractivity contribution in [3.63, 3.8) is 0 Å². The number of diazo groups is 2. The number of aryl methyl sites for hydroxylation is 2. The van der Waals surface area contributed by atoms with Gasteiger partial charge in [0.1, 0.15) is 0 Å². The summed E-state index contributed by atoms with van der Waals surface area (Å²) < 4.78 is 0. The molecule has 2 rings (SSSR count). The Morgan fingerprint density at radius 3 is 1.28 bits per heavy atom. The van der Waals surface area contributed by atoms with Crippen LogP contribution >= 0.6 is 38.8 Å². The van der Waals surface area contributed by atoms with Crippen LogP contribution in [0.25, 0.3) is 9.95 Å². The third-order valence-electron chi connectivity index (χ3n) is 3.37. The quantitative estimate of drug-likeness (QED) is 0.306. The average Bonchev–Trinajstić information content (AvgIpc) is 2.62. The molecule has 6 nitrogen and oxygen atoms in total. The van der Waals surface area contributed by atoms with Gasteiger partial charge in [-0.25, -0.2) is 0 Å². The maximum atomic E-state index is 8.54. The van der Waals surface area contributed by atoms with E-state index in [4.69, 9.17) is 49.5 Å². The molecule has 0 fully saturated rings. The van der Waals surface area contributed by atoms with E-state index in [9.17, 15) is 0 Å². The minimum atomic E-state index is -3.36. The van der Waals surface area contributed by atoms with Crippen molar-refractivity contribution in [2.75, 3.05) is 23.7 Å². The second-order valence-corrected chi connectivity index (χ2v) is 33.6. The van der Waals surface area contributed by atoms with Gasteiger partial charge in [-0.15, -0.1) is 0 Å². The first kappa shape index (κ1) is 27.7. The first-order chi connectivity index (χ1) is 13.5. The number of nitrogens with zero attached hydrogens (tertiary/aromatic N) is 4. The van der Waals surface area contributed by atoms with E-state index < -0.39 is 10.8 Å². The molecule has 0 bridgehead atoms. The summed E-state index contributed by atoms with van der Waals surface area (Å²) >= 11 is 0. The molecule has 156 valence electrons. The van der Waals surface area contributed by atoms with Gasteiger partial charge in [-0.1, -0.05) is 0 Å². The number of hydrogen-bond acceptors (Lipinski definition) is 4. The Morgan fingerprint density at radius 2 is 1.07 bits per heavy atom. The van der Waals surface area contributed by atoms with Crippen LogP contribution in [-0.2, 0) is 10.8 Å². The second-order valence-electron chi connectivity index (χ2n) is 5.87. The van der Waals surface area contributed by atoms with Gasteiger partial charge in [0.25, 0.3) is 0 Å². The Kier molecular flexibility index (Phi) is 13.9. The van der Waals surface area contributed by atoms with E-state index in [0.29, 0.717) is 11.4 Å². The van der Waals surface area contributed by atoms with Gasteiger partial charge in [-0.3, -0.25) is 0 Å². The minimum absolute atomic E-state index is 0.622. The number of rotatable bonds is 4. The van der Waals surface area contributed by atoms with Crippen LogP contribution in [0.3, 0.4) is 0 Å². The summed E-state index contributed by atoms with van der Waals surface area (Å²) in [6.07, 6.45) is 0. The molecule has 0 saturated heterocycles. The first-order valence-electron chi connectivity index (χ1n) is 9.01. The zero-order valence-corrected chi connectivity index (χ0v) is 22.9. The van der Waals surface area contributed by atoms with E-state index in [1.54, 1.807) is 12.1 Å². The van der Waals surface area contributed by atoms with Crippen LogP contribution in [0.1, 0.15) is 25.0 Å². The average molecular weight is 532 g/mol. The van der Waals surface area contributed by atoms with Crippen molar-refractivity contribution in [1.82, 2.24) is 0 Å². The van der Waals surface area contributed by atoms with Gasteiger partial charge in [0, 0.05) is 47.7 Å². The molecule has 0 heterocycles. The van der Waals surface area contributed by atoms with Gasteiger partial charge >= 0.3 is 61.0 Å². The summed E-state index contributed by atoms with van der Waals surface area (Å²) in [5.41, 5.74) is 5.30.